The van der Waals surface area contributed by atoms with Crippen molar-refractivity contribution >= 4 is 61.3 Å². The van der Waals surface area contributed by atoms with Gasteiger partial charge in [0.25, 0.3) is 5.56 Å². The molecule has 0 N–H and O–H groups in total. The van der Waals surface area contributed by atoms with Crippen LogP contribution >= 0.6 is 0 Å². The predicted molar refractivity (Wildman–Crippen MR) is 217 cm³/mol. The van der Waals surface area contributed by atoms with Gasteiger partial charge in [0.2, 0.25) is 0 Å². The van der Waals surface area contributed by atoms with Gasteiger partial charge in [0.05, 0.1) is 27.6 Å². The van der Waals surface area contributed by atoms with Crippen LogP contribution < -0.4 is 21.2 Å². The number of para-hydroxylation sites is 2. The molecule has 0 aliphatic carbocycles. The van der Waals surface area contributed by atoms with Crippen LogP contribution in [0.15, 0.2) is 175 Å². The topological polar surface area (TPSA) is 41.1 Å². The van der Waals surface area contributed by atoms with E-state index in [0.29, 0.717) is 0 Å². The molecule has 0 bridgehead atoms. The summed E-state index contributed by atoms with van der Waals surface area (Å²) in [6.07, 6.45) is 0. The third kappa shape index (κ3) is 3.89. The molecular formula is C47H28BN3O2. The van der Waals surface area contributed by atoms with E-state index >= 15 is 0 Å². The van der Waals surface area contributed by atoms with Crippen LogP contribution in [0.1, 0.15) is 0 Å². The molecule has 0 atom stereocenters. The van der Waals surface area contributed by atoms with Gasteiger partial charge in [0.1, 0.15) is 11.5 Å². The third-order valence-corrected chi connectivity index (χ3v) is 11.3. The highest BCUT2D eigenvalue weighted by atomic mass is 16.5. The van der Waals surface area contributed by atoms with Crippen molar-refractivity contribution in [2.75, 3.05) is 0 Å². The van der Waals surface area contributed by atoms with Crippen molar-refractivity contribution in [3.05, 3.63) is 180 Å². The first-order valence-corrected chi connectivity index (χ1v) is 18.0. The van der Waals surface area contributed by atoms with Gasteiger partial charge in [0, 0.05) is 21.9 Å². The van der Waals surface area contributed by atoms with Crippen LogP contribution in [0, 0.1) is 0 Å². The minimum Gasteiger partial charge on any atom is -0.458 e. The van der Waals surface area contributed by atoms with Crippen LogP contribution in [0.5, 0.6) is 11.5 Å². The van der Waals surface area contributed by atoms with Crippen molar-refractivity contribution in [2.45, 2.75) is 0 Å². The fourth-order valence-corrected chi connectivity index (χ4v) is 8.99. The van der Waals surface area contributed by atoms with Crippen LogP contribution in [-0.4, -0.2) is 20.7 Å². The molecule has 5 nitrogen and oxygen atoms in total. The maximum Gasteiger partial charge on any atom is 0.361 e. The largest absolute Gasteiger partial charge is 0.458 e. The minimum absolute atomic E-state index is 0.00990. The molecule has 2 aromatic heterocycles. The fourth-order valence-electron chi connectivity index (χ4n) is 8.99. The van der Waals surface area contributed by atoms with E-state index in [9.17, 15) is 4.79 Å². The zero-order valence-electron chi connectivity index (χ0n) is 28.4. The van der Waals surface area contributed by atoms with E-state index in [1.165, 1.54) is 16.3 Å². The van der Waals surface area contributed by atoms with E-state index in [0.717, 1.165) is 83.2 Å². The van der Waals surface area contributed by atoms with Gasteiger partial charge < -0.3 is 9.30 Å². The molecule has 53 heavy (non-hydrogen) atoms. The molecule has 4 heterocycles. The predicted octanol–water partition coefficient (Wildman–Crippen LogP) is 9.45. The van der Waals surface area contributed by atoms with Gasteiger partial charge >= 0.3 is 6.85 Å². The lowest BCUT2D eigenvalue weighted by Crippen LogP contribution is -2.52. The summed E-state index contributed by atoms with van der Waals surface area (Å²) in [5.41, 5.74) is 11.4. The number of ether oxygens (including phenoxy) is 1. The average molecular weight is 678 g/mol. The number of hydrogen-bond acceptors (Lipinski definition) is 2. The zero-order valence-corrected chi connectivity index (χ0v) is 28.4. The number of rotatable bonds is 3. The summed E-state index contributed by atoms with van der Waals surface area (Å²) in [5, 5.41) is 5.32. The van der Waals surface area contributed by atoms with Crippen molar-refractivity contribution in [3.63, 3.8) is 0 Å². The Hall–Kier alpha value is -7.05. The molecule has 0 saturated heterocycles. The molecule has 2 aliphatic heterocycles. The van der Waals surface area contributed by atoms with Crippen LogP contribution in [0.2, 0.25) is 0 Å². The van der Waals surface area contributed by atoms with Crippen molar-refractivity contribution < 1.29 is 4.74 Å². The van der Waals surface area contributed by atoms with Crippen molar-refractivity contribution in [3.8, 4) is 45.1 Å². The fraction of sp³-hybridized carbons (Fsp3) is 0. The van der Waals surface area contributed by atoms with Crippen LogP contribution in [0.25, 0.3) is 77.1 Å². The molecule has 246 valence electrons. The normalized spacial score (nSPS) is 12.7. The summed E-state index contributed by atoms with van der Waals surface area (Å²) in [4.78, 5) is 14.9. The van der Waals surface area contributed by atoms with E-state index in [1.54, 1.807) is 0 Å². The van der Waals surface area contributed by atoms with Crippen LogP contribution in [0.4, 0.5) is 0 Å². The summed E-state index contributed by atoms with van der Waals surface area (Å²) >= 11 is 0. The lowest BCUT2D eigenvalue weighted by molar-refractivity contribution is 0.488. The molecule has 0 amide bonds. The van der Waals surface area contributed by atoms with Gasteiger partial charge in [-0.15, -0.1) is 0 Å². The highest BCUT2D eigenvalue weighted by Crippen LogP contribution is 2.41. The van der Waals surface area contributed by atoms with Gasteiger partial charge in [-0.3, -0.25) is 14.1 Å². The van der Waals surface area contributed by atoms with Crippen LogP contribution in [-0.2, 0) is 0 Å². The van der Waals surface area contributed by atoms with Crippen molar-refractivity contribution in [1.29, 1.82) is 0 Å². The lowest BCUT2D eigenvalue weighted by Gasteiger charge is -2.24. The first kappa shape index (κ1) is 28.6. The summed E-state index contributed by atoms with van der Waals surface area (Å²) < 4.78 is 13.3. The first-order valence-electron chi connectivity index (χ1n) is 18.0. The Bertz CT molecular complexity index is 3230. The second kappa shape index (κ2) is 10.5. The smallest absolute Gasteiger partial charge is 0.361 e. The Morgan fingerprint density at radius 3 is 2.08 bits per heavy atom. The van der Waals surface area contributed by atoms with Gasteiger partial charge in [-0.1, -0.05) is 115 Å². The Labute approximate surface area is 304 Å². The van der Waals surface area contributed by atoms with Gasteiger partial charge in [-0.2, -0.15) is 0 Å². The molecule has 10 aromatic rings. The molecule has 0 fully saturated rings. The molecule has 8 aromatic carbocycles. The molecule has 6 heteroatoms. The van der Waals surface area contributed by atoms with E-state index in [4.69, 9.17) is 4.74 Å². The van der Waals surface area contributed by atoms with Crippen LogP contribution in [0.3, 0.4) is 0 Å². The molecular weight excluding hydrogens is 649 g/mol. The molecule has 12 rings (SSSR count). The molecule has 0 radical (unpaired) electrons. The van der Waals surface area contributed by atoms with Gasteiger partial charge in [-0.25, -0.2) is 0 Å². The first-order chi connectivity index (χ1) is 26.2. The van der Waals surface area contributed by atoms with E-state index in [2.05, 4.69) is 161 Å². The highest BCUT2D eigenvalue weighted by Gasteiger charge is 2.45. The Morgan fingerprint density at radius 1 is 0.509 bits per heavy atom. The molecule has 0 unspecified atom stereocenters. The standard InChI is InChI=1S/C47H28BN3O2/c52-47-45-35(29-12-3-1-4-13-29)19-11-21-41(45)50-42-26-33(28-44-46(42)48(51(47)50)38-25-30-14-7-8-15-31(30)27-43(38)53-44)32-22-23-40-37(24-32)36-18-9-10-20-39(36)49(40)34-16-5-2-6-17-34/h1-28H. The maximum atomic E-state index is 14.9. The van der Waals surface area contributed by atoms with Crippen molar-refractivity contribution in [2.24, 2.45) is 0 Å². The molecule has 2 aliphatic rings. The van der Waals surface area contributed by atoms with E-state index < -0.39 is 0 Å². The average Bonchev–Trinajstić information content (AvgIpc) is 3.84. The summed E-state index contributed by atoms with van der Waals surface area (Å²) in [5.74, 6) is 1.56. The third-order valence-electron chi connectivity index (χ3n) is 11.3. The maximum absolute atomic E-state index is 14.9. The van der Waals surface area contributed by atoms with Gasteiger partial charge in [0.15, 0.2) is 0 Å². The second-order valence-electron chi connectivity index (χ2n) is 14.1. The second-order valence-corrected chi connectivity index (χ2v) is 14.1. The lowest BCUT2D eigenvalue weighted by atomic mass is 9.49. The Balaban J connectivity index is 1.14. The number of nitrogens with zero attached hydrogens (tertiary/aromatic N) is 3. The highest BCUT2D eigenvalue weighted by molar-refractivity contribution is 6.87. The monoisotopic (exact) mass is 677 g/mol. The summed E-state index contributed by atoms with van der Waals surface area (Å²) in [6, 6.07) is 59.4. The van der Waals surface area contributed by atoms with Crippen molar-refractivity contribution in [1.82, 2.24) is 13.8 Å². The SMILES string of the molecule is O=c1c2c(-c3ccccc3)cccc2n2n1B1c3cc4ccccc4cc3Oc3cc(-c4ccc5c(c4)c4ccccc4n5-c4ccccc4)cc-2c31. The summed E-state index contributed by atoms with van der Waals surface area (Å²) in [7, 11) is 0. The number of hydrogen-bond donors (Lipinski definition) is 0. The van der Waals surface area contributed by atoms with E-state index in [-0.39, 0.29) is 12.4 Å². The quantitative estimate of drug-likeness (QED) is 0.175. The minimum atomic E-state index is -0.336. The summed E-state index contributed by atoms with van der Waals surface area (Å²) in [6.45, 7) is -0.336. The van der Waals surface area contributed by atoms with E-state index in [1.807, 2.05) is 22.8 Å². The zero-order chi connectivity index (χ0) is 34.8. The molecule has 0 spiro atoms. The number of benzene rings is 8. The molecule has 0 saturated carbocycles. The Kier molecular flexibility index (Phi) is 5.67. The number of aromatic nitrogens is 3. The number of fused-ring (bicyclic) bond motifs is 11. The van der Waals surface area contributed by atoms with Gasteiger partial charge in [-0.05, 0) is 93.1 Å². The Morgan fingerprint density at radius 2 is 1.23 bits per heavy atom.